The third kappa shape index (κ3) is 0.944. The molecular weight excluding hydrogens is 128 g/mol. The zero-order chi connectivity index (χ0) is 6.97. The maximum Gasteiger partial charge on any atom is 0.123 e. The third-order valence-corrected chi connectivity index (χ3v) is 2.50. The molecule has 3 heteroatoms. The molecule has 1 unspecified atom stereocenters. The van der Waals surface area contributed by atoms with Gasteiger partial charge in [0, 0.05) is 39.8 Å². The van der Waals surface area contributed by atoms with E-state index >= 15 is 0 Å². The second kappa shape index (κ2) is 2.49. The van der Waals surface area contributed by atoms with Crippen LogP contribution in [-0.2, 0) is 4.74 Å². The first kappa shape index (κ1) is 6.58. The number of rotatable bonds is 1. The van der Waals surface area contributed by atoms with E-state index in [4.69, 9.17) is 4.74 Å². The van der Waals surface area contributed by atoms with Gasteiger partial charge in [-0.25, -0.2) is 0 Å². The first-order valence-corrected chi connectivity index (χ1v) is 3.89. The molecule has 0 N–H and O–H groups in total. The summed E-state index contributed by atoms with van der Waals surface area (Å²) < 4.78 is 5.31. The van der Waals surface area contributed by atoms with E-state index < -0.39 is 0 Å². The fraction of sp³-hybridized carbons (Fsp3) is 1.00. The Hall–Kier alpha value is -0.120. The number of nitrogens with zero attached hydrogens (tertiary/aromatic N) is 2. The minimum absolute atomic E-state index is 0.377. The van der Waals surface area contributed by atoms with Gasteiger partial charge in [0.15, 0.2) is 0 Å². The predicted octanol–water partition coefficient (Wildman–Crippen LogP) is -0.410. The fourth-order valence-corrected chi connectivity index (χ4v) is 1.79. The van der Waals surface area contributed by atoms with Gasteiger partial charge >= 0.3 is 0 Å². The molecule has 10 heavy (non-hydrogen) atoms. The molecule has 3 heterocycles. The van der Waals surface area contributed by atoms with Crippen LogP contribution in [0.2, 0.25) is 0 Å². The smallest absolute Gasteiger partial charge is 0.123 e. The number of hydrogen-bond acceptors (Lipinski definition) is 3. The van der Waals surface area contributed by atoms with E-state index in [9.17, 15) is 0 Å². The highest BCUT2D eigenvalue weighted by atomic mass is 16.5. The minimum Gasteiger partial charge on any atom is -0.365 e. The van der Waals surface area contributed by atoms with Crippen LogP contribution in [0.25, 0.3) is 0 Å². The van der Waals surface area contributed by atoms with E-state index in [1.54, 1.807) is 7.11 Å². The summed E-state index contributed by atoms with van der Waals surface area (Å²) in [5.74, 6) is 0. The van der Waals surface area contributed by atoms with Crippen LogP contribution in [0.5, 0.6) is 0 Å². The number of ether oxygens (including phenoxy) is 1. The molecule has 0 amide bonds. The molecular formula is C7H14N2O. The summed E-state index contributed by atoms with van der Waals surface area (Å²) in [7, 11) is 1.80. The Morgan fingerprint density at radius 2 is 1.90 bits per heavy atom. The van der Waals surface area contributed by atoms with Crippen molar-refractivity contribution in [1.29, 1.82) is 0 Å². The van der Waals surface area contributed by atoms with Gasteiger partial charge in [0.05, 0.1) is 0 Å². The summed E-state index contributed by atoms with van der Waals surface area (Å²) in [6.45, 7) is 5.97. The second-order valence-electron chi connectivity index (χ2n) is 3.03. The van der Waals surface area contributed by atoms with Crippen LogP contribution in [0.4, 0.5) is 0 Å². The largest absolute Gasteiger partial charge is 0.365 e. The summed E-state index contributed by atoms with van der Waals surface area (Å²) >= 11 is 0. The molecule has 58 valence electrons. The maximum absolute atomic E-state index is 5.31. The Balaban J connectivity index is 2.01. The average molecular weight is 142 g/mol. The Bertz CT molecular complexity index is 121. The topological polar surface area (TPSA) is 15.7 Å². The molecule has 0 spiro atoms. The standard InChI is InChI=1S/C7H14N2O/c1-10-7-6-8-2-4-9(7)5-3-8/h7H,2-6H2,1H3. The molecule has 0 saturated carbocycles. The van der Waals surface area contributed by atoms with Crippen LogP contribution < -0.4 is 0 Å². The lowest BCUT2D eigenvalue weighted by atomic mass is 10.2. The molecule has 2 bridgehead atoms. The lowest BCUT2D eigenvalue weighted by Crippen LogP contribution is -2.61. The highest BCUT2D eigenvalue weighted by Crippen LogP contribution is 2.15. The Morgan fingerprint density at radius 1 is 1.20 bits per heavy atom. The van der Waals surface area contributed by atoms with E-state index in [2.05, 4.69) is 9.80 Å². The summed E-state index contributed by atoms with van der Waals surface area (Å²) in [5, 5.41) is 0. The van der Waals surface area contributed by atoms with Crippen LogP contribution in [0.3, 0.4) is 0 Å². The van der Waals surface area contributed by atoms with Crippen LogP contribution in [-0.4, -0.2) is 55.9 Å². The monoisotopic (exact) mass is 142 g/mol. The van der Waals surface area contributed by atoms with Crippen LogP contribution in [0.1, 0.15) is 0 Å². The molecule has 3 aliphatic heterocycles. The van der Waals surface area contributed by atoms with Gasteiger partial charge in [-0.15, -0.1) is 0 Å². The molecule has 0 aromatic heterocycles. The van der Waals surface area contributed by atoms with Crippen LogP contribution >= 0.6 is 0 Å². The molecule has 0 radical (unpaired) electrons. The van der Waals surface area contributed by atoms with Gasteiger partial charge in [-0.2, -0.15) is 0 Å². The van der Waals surface area contributed by atoms with Crippen molar-refractivity contribution < 1.29 is 4.74 Å². The van der Waals surface area contributed by atoms with Crippen molar-refractivity contribution in [2.24, 2.45) is 0 Å². The minimum atomic E-state index is 0.377. The zero-order valence-corrected chi connectivity index (χ0v) is 6.42. The lowest BCUT2D eigenvalue weighted by Gasteiger charge is -2.46. The van der Waals surface area contributed by atoms with Gasteiger partial charge in [-0.1, -0.05) is 0 Å². The third-order valence-electron chi connectivity index (χ3n) is 2.50. The molecule has 3 aliphatic rings. The fourth-order valence-electron chi connectivity index (χ4n) is 1.79. The van der Waals surface area contributed by atoms with Crippen LogP contribution in [0, 0.1) is 0 Å². The predicted molar refractivity (Wildman–Crippen MR) is 38.8 cm³/mol. The van der Waals surface area contributed by atoms with Crippen molar-refractivity contribution in [2.45, 2.75) is 6.23 Å². The van der Waals surface area contributed by atoms with Gasteiger partial charge in [0.1, 0.15) is 6.23 Å². The molecule has 0 aromatic rings. The van der Waals surface area contributed by atoms with Crippen molar-refractivity contribution >= 4 is 0 Å². The van der Waals surface area contributed by atoms with Gasteiger partial charge in [-0.3, -0.25) is 9.80 Å². The summed E-state index contributed by atoms with van der Waals surface area (Å²) in [4.78, 5) is 4.88. The SMILES string of the molecule is COC1CN2CCN1CC2. The first-order chi connectivity index (χ1) is 4.90. The molecule has 3 rings (SSSR count). The Morgan fingerprint density at radius 3 is 2.20 bits per heavy atom. The van der Waals surface area contributed by atoms with E-state index in [0.29, 0.717) is 6.23 Å². The Labute approximate surface area is 61.6 Å². The highest BCUT2D eigenvalue weighted by Gasteiger charge is 2.31. The summed E-state index contributed by atoms with van der Waals surface area (Å²) in [6, 6.07) is 0. The first-order valence-electron chi connectivity index (χ1n) is 3.89. The van der Waals surface area contributed by atoms with E-state index in [1.165, 1.54) is 26.2 Å². The maximum atomic E-state index is 5.31. The lowest BCUT2D eigenvalue weighted by molar-refractivity contribution is -0.114. The van der Waals surface area contributed by atoms with Gasteiger partial charge < -0.3 is 4.74 Å². The molecule has 0 aromatic carbocycles. The zero-order valence-electron chi connectivity index (χ0n) is 6.42. The van der Waals surface area contributed by atoms with Crippen LogP contribution in [0.15, 0.2) is 0 Å². The van der Waals surface area contributed by atoms with Crippen molar-refractivity contribution in [3.63, 3.8) is 0 Å². The molecule has 0 aliphatic carbocycles. The highest BCUT2D eigenvalue weighted by molar-refractivity contribution is 4.82. The summed E-state index contributed by atoms with van der Waals surface area (Å²) in [6.07, 6.45) is 0.377. The van der Waals surface area contributed by atoms with Crippen molar-refractivity contribution in [1.82, 2.24) is 9.80 Å². The van der Waals surface area contributed by atoms with Crippen molar-refractivity contribution in [3.05, 3.63) is 0 Å². The molecule has 3 nitrogen and oxygen atoms in total. The summed E-state index contributed by atoms with van der Waals surface area (Å²) in [5.41, 5.74) is 0. The van der Waals surface area contributed by atoms with E-state index in [1.807, 2.05) is 0 Å². The molecule has 3 saturated heterocycles. The van der Waals surface area contributed by atoms with E-state index in [-0.39, 0.29) is 0 Å². The quantitative estimate of drug-likeness (QED) is 0.495. The van der Waals surface area contributed by atoms with Gasteiger partial charge in [0.25, 0.3) is 0 Å². The number of piperazine rings is 3. The number of methoxy groups -OCH3 is 1. The Kier molecular flexibility index (Phi) is 1.64. The number of fused-ring (bicyclic) bond motifs is 3. The van der Waals surface area contributed by atoms with Crippen molar-refractivity contribution in [2.75, 3.05) is 39.8 Å². The van der Waals surface area contributed by atoms with Crippen molar-refractivity contribution in [3.8, 4) is 0 Å². The number of hydrogen-bond donors (Lipinski definition) is 0. The average Bonchev–Trinajstić information content (AvgIpc) is 2.06. The van der Waals surface area contributed by atoms with Gasteiger partial charge in [0.2, 0.25) is 0 Å². The molecule has 3 fully saturated rings. The van der Waals surface area contributed by atoms with E-state index in [0.717, 1.165) is 6.54 Å². The molecule has 1 atom stereocenters. The van der Waals surface area contributed by atoms with Gasteiger partial charge in [-0.05, 0) is 0 Å². The normalized spacial score (nSPS) is 45.9. The second-order valence-corrected chi connectivity index (χ2v) is 3.03.